The minimum Gasteiger partial charge on any atom is -0.481 e. The van der Waals surface area contributed by atoms with Crippen LogP contribution in [0.15, 0.2) is 12.2 Å². The van der Waals surface area contributed by atoms with Crippen LogP contribution in [-0.2, 0) is 19.1 Å². The SMILES string of the molecule is CC(CC(=O)O)C(=O)O.CCCCCCCC/C=C\CCCCCCCC(=O)OC. The summed E-state index contributed by atoms with van der Waals surface area (Å²) in [6.45, 7) is 3.62. The van der Waals surface area contributed by atoms with Gasteiger partial charge in [0.15, 0.2) is 0 Å². The molecule has 0 radical (unpaired) electrons. The molecule has 0 heterocycles. The van der Waals surface area contributed by atoms with Crippen molar-refractivity contribution in [2.45, 2.75) is 110 Å². The van der Waals surface area contributed by atoms with Crippen LogP contribution in [0, 0.1) is 5.92 Å². The molecule has 0 aliphatic rings. The van der Waals surface area contributed by atoms with Crippen LogP contribution < -0.4 is 0 Å². The molecule has 0 spiro atoms. The maximum Gasteiger partial charge on any atom is 0.306 e. The van der Waals surface area contributed by atoms with Crippen molar-refractivity contribution < 1.29 is 29.3 Å². The first-order valence-electron chi connectivity index (χ1n) is 11.5. The standard InChI is InChI=1S/C19H36O2.C5H8O4/c1-3-4-5-6-7-8-9-10-11-12-13-14-15-16-17-18-19(20)21-2;1-3(5(8)9)2-4(6)7/h10-11H,3-9,12-18H2,1-2H3;3H,2H2,1H3,(H,6,7)(H,8,9)/b11-10-;. The second-order valence-electron chi connectivity index (χ2n) is 7.75. The first-order valence-corrected chi connectivity index (χ1v) is 11.5. The number of hydrogen-bond donors (Lipinski definition) is 2. The van der Waals surface area contributed by atoms with Crippen LogP contribution in [0.25, 0.3) is 0 Å². The van der Waals surface area contributed by atoms with E-state index in [-0.39, 0.29) is 12.4 Å². The molecule has 1 unspecified atom stereocenters. The molecular weight excluding hydrogens is 384 g/mol. The number of hydrogen-bond acceptors (Lipinski definition) is 4. The summed E-state index contributed by atoms with van der Waals surface area (Å²) >= 11 is 0. The lowest BCUT2D eigenvalue weighted by molar-refractivity contribution is -0.147. The largest absolute Gasteiger partial charge is 0.481 e. The van der Waals surface area contributed by atoms with Crippen molar-refractivity contribution in [3.05, 3.63) is 12.2 Å². The van der Waals surface area contributed by atoms with E-state index in [2.05, 4.69) is 23.8 Å². The van der Waals surface area contributed by atoms with Crippen LogP contribution in [0.1, 0.15) is 110 Å². The summed E-state index contributed by atoms with van der Waals surface area (Å²) in [5.41, 5.74) is 0. The number of ether oxygens (including phenoxy) is 1. The second-order valence-corrected chi connectivity index (χ2v) is 7.75. The van der Waals surface area contributed by atoms with Gasteiger partial charge < -0.3 is 14.9 Å². The summed E-state index contributed by atoms with van der Waals surface area (Å²) in [6, 6.07) is 0. The van der Waals surface area contributed by atoms with Gasteiger partial charge >= 0.3 is 17.9 Å². The van der Waals surface area contributed by atoms with Gasteiger partial charge in [-0.05, 0) is 32.1 Å². The molecule has 0 fully saturated rings. The predicted molar refractivity (Wildman–Crippen MR) is 121 cm³/mol. The van der Waals surface area contributed by atoms with Gasteiger partial charge in [0.1, 0.15) is 0 Å². The van der Waals surface area contributed by atoms with Crippen molar-refractivity contribution in [3.63, 3.8) is 0 Å². The summed E-state index contributed by atoms with van der Waals surface area (Å²) in [5, 5.41) is 16.2. The Morgan fingerprint density at radius 1 is 0.800 bits per heavy atom. The van der Waals surface area contributed by atoms with Crippen molar-refractivity contribution in [1.82, 2.24) is 0 Å². The van der Waals surface area contributed by atoms with E-state index in [1.165, 1.54) is 84.7 Å². The molecule has 0 aliphatic heterocycles. The molecule has 0 saturated carbocycles. The number of carboxylic acids is 2. The first-order chi connectivity index (χ1) is 14.3. The third-order valence-corrected chi connectivity index (χ3v) is 4.77. The number of rotatable bonds is 18. The predicted octanol–water partition coefficient (Wildman–Crippen LogP) is 6.38. The van der Waals surface area contributed by atoms with E-state index >= 15 is 0 Å². The molecule has 0 aliphatic carbocycles. The molecule has 0 saturated heterocycles. The van der Waals surface area contributed by atoms with E-state index in [1.807, 2.05) is 0 Å². The van der Waals surface area contributed by atoms with Crippen LogP contribution >= 0.6 is 0 Å². The quantitative estimate of drug-likeness (QED) is 0.149. The van der Waals surface area contributed by atoms with Gasteiger partial charge in [0.05, 0.1) is 19.4 Å². The zero-order chi connectivity index (χ0) is 23.0. The Kier molecular flexibility index (Phi) is 23.7. The first kappa shape index (κ1) is 30.3. The van der Waals surface area contributed by atoms with Crippen molar-refractivity contribution in [1.29, 1.82) is 0 Å². The minimum absolute atomic E-state index is 0.0763. The van der Waals surface area contributed by atoms with Gasteiger partial charge in [-0.25, -0.2) is 0 Å². The summed E-state index contributed by atoms with van der Waals surface area (Å²) in [6.07, 6.45) is 21.7. The van der Waals surface area contributed by atoms with Crippen LogP contribution in [0.5, 0.6) is 0 Å². The van der Waals surface area contributed by atoms with E-state index in [4.69, 9.17) is 10.2 Å². The lowest BCUT2D eigenvalue weighted by Crippen LogP contribution is -2.13. The number of carbonyl (C=O) groups is 3. The van der Waals surface area contributed by atoms with Gasteiger partial charge in [0.2, 0.25) is 0 Å². The Morgan fingerprint density at radius 2 is 1.27 bits per heavy atom. The fourth-order valence-electron chi connectivity index (χ4n) is 2.79. The van der Waals surface area contributed by atoms with E-state index in [9.17, 15) is 14.4 Å². The van der Waals surface area contributed by atoms with Gasteiger partial charge in [-0.1, -0.05) is 77.4 Å². The van der Waals surface area contributed by atoms with Crippen molar-refractivity contribution >= 4 is 17.9 Å². The Bertz CT molecular complexity index is 459. The summed E-state index contributed by atoms with van der Waals surface area (Å²) in [5.74, 6) is -3.02. The summed E-state index contributed by atoms with van der Waals surface area (Å²) < 4.78 is 4.62. The molecule has 0 aromatic carbocycles. The summed E-state index contributed by atoms with van der Waals surface area (Å²) in [7, 11) is 1.46. The zero-order valence-corrected chi connectivity index (χ0v) is 19.4. The number of methoxy groups -OCH3 is 1. The number of esters is 1. The number of aliphatic carboxylic acids is 2. The molecule has 1 atom stereocenters. The van der Waals surface area contributed by atoms with E-state index < -0.39 is 17.9 Å². The van der Waals surface area contributed by atoms with Crippen LogP contribution in [0.4, 0.5) is 0 Å². The lowest BCUT2D eigenvalue weighted by Gasteiger charge is -2.00. The second kappa shape index (κ2) is 23.4. The zero-order valence-electron chi connectivity index (χ0n) is 19.4. The van der Waals surface area contributed by atoms with E-state index in [0.29, 0.717) is 6.42 Å². The number of allylic oxidation sites excluding steroid dienone is 2. The van der Waals surface area contributed by atoms with Gasteiger partial charge in [0.25, 0.3) is 0 Å². The number of unbranched alkanes of at least 4 members (excludes halogenated alkanes) is 11. The number of carbonyl (C=O) groups excluding carboxylic acids is 1. The molecule has 0 bridgehead atoms. The molecule has 0 aromatic heterocycles. The number of carboxylic acid groups (broad SMARTS) is 2. The molecule has 2 N–H and O–H groups in total. The van der Waals surface area contributed by atoms with E-state index in [1.54, 1.807) is 0 Å². The van der Waals surface area contributed by atoms with Gasteiger partial charge in [-0.3, -0.25) is 14.4 Å². The molecule has 176 valence electrons. The van der Waals surface area contributed by atoms with Crippen molar-refractivity contribution in [2.24, 2.45) is 5.92 Å². The topological polar surface area (TPSA) is 101 Å². The van der Waals surface area contributed by atoms with E-state index in [0.717, 1.165) is 12.8 Å². The Labute approximate surface area is 183 Å². The average Bonchev–Trinajstić information content (AvgIpc) is 2.70. The average molecular weight is 429 g/mol. The van der Waals surface area contributed by atoms with Crippen molar-refractivity contribution in [3.8, 4) is 0 Å². The molecule has 30 heavy (non-hydrogen) atoms. The van der Waals surface area contributed by atoms with Crippen LogP contribution in [0.3, 0.4) is 0 Å². The third kappa shape index (κ3) is 26.1. The summed E-state index contributed by atoms with van der Waals surface area (Å²) in [4.78, 5) is 30.7. The maximum absolute atomic E-state index is 10.9. The minimum atomic E-state index is -1.08. The molecule has 6 heteroatoms. The van der Waals surface area contributed by atoms with Gasteiger partial charge in [0, 0.05) is 6.42 Å². The molecule has 0 rings (SSSR count). The Morgan fingerprint density at radius 3 is 1.67 bits per heavy atom. The molecular formula is C24H44O6. The van der Waals surface area contributed by atoms with Gasteiger partial charge in [-0.15, -0.1) is 0 Å². The van der Waals surface area contributed by atoms with Crippen molar-refractivity contribution in [2.75, 3.05) is 7.11 Å². The molecule has 6 nitrogen and oxygen atoms in total. The highest BCUT2D eigenvalue weighted by Crippen LogP contribution is 2.10. The fourth-order valence-corrected chi connectivity index (χ4v) is 2.79. The van der Waals surface area contributed by atoms with Gasteiger partial charge in [-0.2, -0.15) is 0 Å². The Hall–Kier alpha value is -1.85. The van der Waals surface area contributed by atoms with Crippen LogP contribution in [-0.4, -0.2) is 35.2 Å². The fraction of sp³-hybridized carbons (Fsp3) is 0.792. The Balaban J connectivity index is 0. The molecule has 0 amide bonds. The normalized spacial score (nSPS) is 11.6. The molecule has 0 aromatic rings. The lowest BCUT2D eigenvalue weighted by atomic mass is 10.1. The third-order valence-electron chi connectivity index (χ3n) is 4.77. The highest BCUT2D eigenvalue weighted by atomic mass is 16.5. The highest BCUT2D eigenvalue weighted by Gasteiger charge is 2.13. The monoisotopic (exact) mass is 428 g/mol. The highest BCUT2D eigenvalue weighted by molar-refractivity contribution is 5.77. The smallest absolute Gasteiger partial charge is 0.306 e. The van der Waals surface area contributed by atoms with Crippen LogP contribution in [0.2, 0.25) is 0 Å². The maximum atomic E-state index is 10.9.